The number of piperidine rings is 1. The lowest BCUT2D eigenvalue weighted by molar-refractivity contribution is 0.0218. The van der Waals surface area contributed by atoms with Crippen LogP contribution in [0.25, 0.3) is 11.1 Å². The van der Waals surface area contributed by atoms with E-state index in [0.29, 0.717) is 17.1 Å². The van der Waals surface area contributed by atoms with E-state index in [0.717, 1.165) is 52.0 Å². The number of halogens is 1. The largest absolute Gasteiger partial charge is 0.420 e. The molecule has 0 radical (unpaired) electrons. The smallest absolute Gasteiger partial charge is 0.408 e. The number of fused-ring (bicyclic) bond motifs is 1. The maximum Gasteiger partial charge on any atom is 0.420 e. The van der Waals surface area contributed by atoms with Gasteiger partial charge in [0, 0.05) is 44.5 Å². The topological polar surface area (TPSA) is 47.6 Å². The molecule has 0 saturated carbocycles. The second-order valence-corrected chi connectivity index (χ2v) is 6.46. The van der Waals surface area contributed by atoms with Crippen molar-refractivity contribution in [3.63, 3.8) is 0 Å². The first-order valence-corrected chi connectivity index (χ1v) is 8.35. The fraction of sp³-hybridized carbons (Fsp3) is 0.588. The molecule has 3 heterocycles. The van der Waals surface area contributed by atoms with Crippen molar-refractivity contribution in [2.24, 2.45) is 0 Å². The summed E-state index contributed by atoms with van der Waals surface area (Å²) in [6.07, 6.45) is 4.03. The Bertz CT molecular complexity index is 740. The summed E-state index contributed by atoms with van der Waals surface area (Å²) in [4.78, 5) is 14.7. The summed E-state index contributed by atoms with van der Waals surface area (Å²) in [5.41, 5.74) is 1.03. The summed E-state index contributed by atoms with van der Waals surface area (Å²) >= 11 is 0. The summed E-state index contributed by atoms with van der Waals surface area (Å²) in [7, 11) is 0. The molecule has 2 saturated heterocycles. The zero-order valence-electron chi connectivity index (χ0n) is 13.0. The third-order valence-electron chi connectivity index (χ3n) is 5.15. The monoisotopic (exact) mass is 320 g/mol. The summed E-state index contributed by atoms with van der Waals surface area (Å²) in [6.45, 7) is 3.66. The molecule has 0 unspecified atom stereocenters. The number of hydrogen-bond acceptors (Lipinski definition) is 4. The Morgan fingerprint density at radius 1 is 1.04 bits per heavy atom. The van der Waals surface area contributed by atoms with E-state index in [1.165, 1.54) is 12.1 Å². The Hall–Kier alpha value is -1.66. The van der Waals surface area contributed by atoms with Gasteiger partial charge in [-0.25, -0.2) is 9.18 Å². The van der Waals surface area contributed by atoms with Crippen LogP contribution in [0.3, 0.4) is 0 Å². The van der Waals surface area contributed by atoms with Crippen LogP contribution in [0.4, 0.5) is 4.39 Å². The molecule has 5 nitrogen and oxygen atoms in total. The number of benzene rings is 1. The van der Waals surface area contributed by atoms with Gasteiger partial charge in [0.05, 0.1) is 5.52 Å². The Morgan fingerprint density at radius 3 is 2.52 bits per heavy atom. The third kappa shape index (κ3) is 2.81. The first-order chi connectivity index (χ1) is 11.2. The van der Waals surface area contributed by atoms with Crippen molar-refractivity contribution in [2.45, 2.75) is 37.8 Å². The molecule has 23 heavy (non-hydrogen) atoms. The van der Waals surface area contributed by atoms with Gasteiger partial charge >= 0.3 is 5.76 Å². The molecule has 0 spiro atoms. The number of ether oxygens (including phenoxy) is 1. The van der Waals surface area contributed by atoms with Crippen LogP contribution < -0.4 is 5.76 Å². The Morgan fingerprint density at radius 2 is 1.78 bits per heavy atom. The molecular formula is C17H21FN2O3. The fourth-order valence-corrected chi connectivity index (χ4v) is 3.92. The molecule has 2 aliphatic heterocycles. The number of aromatic nitrogens is 1. The average molecular weight is 320 g/mol. The van der Waals surface area contributed by atoms with E-state index in [4.69, 9.17) is 9.15 Å². The quantitative estimate of drug-likeness (QED) is 0.853. The molecule has 2 fully saturated rings. The molecular weight excluding hydrogens is 299 g/mol. The number of oxazole rings is 1. The standard InChI is InChI=1S/C17H21FN2O3/c18-12-1-2-15-16(11-12)23-17(21)20(15)14-3-7-19(8-4-14)13-5-9-22-10-6-13/h1-2,11,13-14H,3-10H2. The Labute approximate surface area is 133 Å². The van der Waals surface area contributed by atoms with Gasteiger partial charge in [0.1, 0.15) is 5.82 Å². The Balaban J connectivity index is 1.52. The van der Waals surface area contributed by atoms with Gasteiger partial charge in [0.25, 0.3) is 0 Å². The maximum atomic E-state index is 13.3. The minimum atomic E-state index is -0.382. The summed E-state index contributed by atoms with van der Waals surface area (Å²) < 4.78 is 25.6. The molecule has 6 heteroatoms. The van der Waals surface area contributed by atoms with Crippen molar-refractivity contribution in [1.29, 1.82) is 0 Å². The van der Waals surface area contributed by atoms with Crippen LogP contribution in [0, 0.1) is 5.82 Å². The highest BCUT2D eigenvalue weighted by atomic mass is 19.1. The molecule has 4 rings (SSSR count). The number of rotatable bonds is 2. The van der Waals surface area contributed by atoms with Gasteiger partial charge in [-0.15, -0.1) is 0 Å². The molecule has 0 aliphatic carbocycles. The van der Waals surface area contributed by atoms with Crippen LogP contribution in [0.2, 0.25) is 0 Å². The summed E-state index contributed by atoms with van der Waals surface area (Å²) in [5, 5.41) is 0. The number of nitrogens with zero attached hydrogens (tertiary/aromatic N) is 2. The number of hydrogen-bond donors (Lipinski definition) is 0. The summed E-state index contributed by atoms with van der Waals surface area (Å²) in [5.74, 6) is -0.761. The molecule has 0 atom stereocenters. The van der Waals surface area contributed by atoms with Crippen LogP contribution in [-0.4, -0.2) is 41.8 Å². The lowest BCUT2D eigenvalue weighted by Gasteiger charge is -2.39. The second-order valence-electron chi connectivity index (χ2n) is 6.46. The average Bonchev–Trinajstić information content (AvgIpc) is 2.90. The van der Waals surface area contributed by atoms with E-state index in [2.05, 4.69) is 4.90 Å². The van der Waals surface area contributed by atoms with Crippen LogP contribution in [0.15, 0.2) is 27.4 Å². The van der Waals surface area contributed by atoms with Crippen LogP contribution >= 0.6 is 0 Å². The second kappa shape index (κ2) is 6.09. The van der Waals surface area contributed by atoms with Gasteiger partial charge in [0.2, 0.25) is 0 Å². The molecule has 0 N–H and O–H groups in total. The van der Waals surface area contributed by atoms with E-state index >= 15 is 0 Å². The van der Waals surface area contributed by atoms with Crippen LogP contribution in [-0.2, 0) is 4.74 Å². The van der Waals surface area contributed by atoms with Crippen molar-refractivity contribution in [3.8, 4) is 0 Å². The minimum absolute atomic E-state index is 0.130. The zero-order valence-corrected chi connectivity index (χ0v) is 13.0. The number of likely N-dealkylation sites (tertiary alicyclic amines) is 1. The molecule has 1 aromatic carbocycles. The molecule has 0 bridgehead atoms. The van der Waals surface area contributed by atoms with Crippen molar-refractivity contribution in [1.82, 2.24) is 9.47 Å². The highest BCUT2D eigenvalue weighted by molar-refractivity contribution is 5.72. The SMILES string of the molecule is O=c1oc2cc(F)ccc2n1C1CCN(C2CCOCC2)CC1. The van der Waals surface area contributed by atoms with Gasteiger partial charge < -0.3 is 14.1 Å². The van der Waals surface area contributed by atoms with Gasteiger partial charge in [-0.05, 0) is 37.8 Å². The predicted molar refractivity (Wildman–Crippen MR) is 84.1 cm³/mol. The van der Waals surface area contributed by atoms with E-state index in [9.17, 15) is 9.18 Å². The third-order valence-corrected chi connectivity index (χ3v) is 5.15. The van der Waals surface area contributed by atoms with Crippen molar-refractivity contribution < 1.29 is 13.5 Å². The van der Waals surface area contributed by atoms with Crippen molar-refractivity contribution in [3.05, 3.63) is 34.6 Å². The van der Waals surface area contributed by atoms with Crippen LogP contribution in [0.5, 0.6) is 0 Å². The van der Waals surface area contributed by atoms with E-state index in [-0.39, 0.29) is 17.6 Å². The van der Waals surface area contributed by atoms with E-state index < -0.39 is 0 Å². The lowest BCUT2D eigenvalue weighted by atomic mass is 9.99. The molecule has 0 amide bonds. The van der Waals surface area contributed by atoms with Gasteiger partial charge in [0.15, 0.2) is 5.58 Å². The molecule has 2 aromatic rings. The van der Waals surface area contributed by atoms with Gasteiger partial charge in [-0.1, -0.05) is 0 Å². The van der Waals surface area contributed by atoms with Crippen molar-refractivity contribution >= 4 is 11.1 Å². The predicted octanol–water partition coefficient (Wildman–Crippen LogP) is 2.55. The highest BCUT2D eigenvalue weighted by Crippen LogP contribution is 2.28. The molecule has 2 aliphatic rings. The molecule has 1 aromatic heterocycles. The van der Waals surface area contributed by atoms with E-state index in [1.54, 1.807) is 10.6 Å². The lowest BCUT2D eigenvalue weighted by Crippen LogP contribution is -2.45. The fourth-order valence-electron chi connectivity index (χ4n) is 3.92. The van der Waals surface area contributed by atoms with E-state index in [1.807, 2.05) is 0 Å². The Kier molecular flexibility index (Phi) is 3.95. The zero-order chi connectivity index (χ0) is 15.8. The van der Waals surface area contributed by atoms with Crippen LogP contribution in [0.1, 0.15) is 31.7 Å². The van der Waals surface area contributed by atoms with Gasteiger partial charge in [-0.3, -0.25) is 4.57 Å². The minimum Gasteiger partial charge on any atom is -0.408 e. The first kappa shape index (κ1) is 14.9. The van der Waals surface area contributed by atoms with Gasteiger partial charge in [-0.2, -0.15) is 0 Å². The highest BCUT2D eigenvalue weighted by Gasteiger charge is 2.29. The summed E-state index contributed by atoms with van der Waals surface area (Å²) in [6, 6.07) is 5.04. The molecule has 124 valence electrons. The van der Waals surface area contributed by atoms with Crippen molar-refractivity contribution in [2.75, 3.05) is 26.3 Å². The maximum absolute atomic E-state index is 13.3. The normalized spacial score (nSPS) is 22.0. The first-order valence-electron chi connectivity index (χ1n) is 8.35.